The number of rotatable bonds is 5. The Morgan fingerprint density at radius 2 is 1.92 bits per heavy atom. The van der Waals surface area contributed by atoms with Gasteiger partial charge in [-0.25, -0.2) is 0 Å². The van der Waals surface area contributed by atoms with Crippen LogP contribution in [0.2, 0.25) is 0 Å². The molecule has 1 unspecified atom stereocenters. The largest absolute Gasteiger partial charge is 0.321 e. The van der Waals surface area contributed by atoms with E-state index >= 15 is 0 Å². The molecule has 0 saturated heterocycles. The van der Waals surface area contributed by atoms with Crippen molar-refractivity contribution in [2.24, 2.45) is 11.7 Å². The number of nitrogens with zero attached hydrogens (tertiary/aromatic N) is 1. The second kappa shape index (κ2) is 5.27. The summed E-state index contributed by atoms with van der Waals surface area (Å²) in [5.74, 6) is 0.221. The predicted octanol–water partition coefficient (Wildman–Crippen LogP) is 0.490. The molecule has 12 heavy (non-hydrogen) atoms. The Morgan fingerprint density at radius 1 is 1.42 bits per heavy atom. The summed E-state index contributed by atoms with van der Waals surface area (Å²) in [7, 11) is 3.96. The van der Waals surface area contributed by atoms with Gasteiger partial charge < -0.3 is 10.6 Å². The van der Waals surface area contributed by atoms with Gasteiger partial charge in [0.25, 0.3) is 0 Å². The molecule has 0 bridgehead atoms. The number of nitrogens with two attached hydrogens (primary N) is 1. The average Bonchev–Trinajstić information content (AvgIpc) is 1.98. The topological polar surface area (TPSA) is 46.3 Å². The van der Waals surface area contributed by atoms with Gasteiger partial charge in [-0.1, -0.05) is 13.8 Å². The van der Waals surface area contributed by atoms with E-state index in [1.54, 1.807) is 0 Å². The molecule has 0 saturated carbocycles. The van der Waals surface area contributed by atoms with Crippen molar-refractivity contribution >= 4 is 5.78 Å². The van der Waals surface area contributed by atoms with Crippen molar-refractivity contribution in [1.29, 1.82) is 0 Å². The van der Waals surface area contributed by atoms with Gasteiger partial charge in [0.2, 0.25) is 0 Å². The molecule has 1 atom stereocenters. The van der Waals surface area contributed by atoms with Gasteiger partial charge in [-0.2, -0.15) is 0 Å². The molecule has 3 nitrogen and oxygen atoms in total. The zero-order chi connectivity index (χ0) is 9.72. The van der Waals surface area contributed by atoms with Crippen molar-refractivity contribution in [3.8, 4) is 0 Å². The maximum atomic E-state index is 11.3. The van der Waals surface area contributed by atoms with Crippen LogP contribution < -0.4 is 5.73 Å². The zero-order valence-corrected chi connectivity index (χ0v) is 8.50. The second-order valence-corrected chi connectivity index (χ2v) is 3.76. The third-order valence-electron chi connectivity index (χ3n) is 1.82. The van der Waals surface area contributed by atoms with Crippen molar-refractivity contribution in [2.75, 3.05) is 20.6 Å². The van der Waals surface area contributed by atoms with E-state index in [1.165, 1.54) is 0 Å². The number of carbonyl (C=O) groups is 1. The molecule has 0 aliphatic rings. The highest BCUT2D eigenvalue weighted by Crippen LogP contribution is 2.01. The molecule has 0 rings (SSSR count). The normalized spacial score (nSPS) is 13.9. The molecule has 0 aromatic heterocycles. The first-order chi connectivity index (χ1) is 5.45. The fraction of sp³-hybridized carbons (Fsp3) is 0.889. The fourth-order valence-electron chi connectivity index (χ4n) is 0.968. The third-order valence-corrected chi connectivity index (χ3v) is 1.82. The van der Waals surface area contributed by atoms with Gasteiger partial charge >= 0.3 is 0 Å². The van der Waals surface area contributed by atoms with Crippen LogP contribution in [0.3, 0.4) is 0 Å². The summed E-state index contributed by atoms with van der Waals surface area (Å²) in [6.07, 6.45) is 0.754. The summed E-state index contributed by atoms with van der Waals surface area (Å²) >= 11 is 0. The minimum absolute atomic E-state index is 0.0576. The Balaban J connectivity index is 3.72. The molecule has 0 aromatic carbocycles. The number of ketones is 1. The van der Waals surface area contributed by atoms with Crippen molar-refractivity contribution in [3.05, 3.63) is 0 Å². The maximum Gasteiger partial charge on any atom is 0.152 e. The van der Waals surface area contributed by atoms with Crippen LogP contribution in [0, 0.1) is 5.92 Å². The van der Waals surface area contributed by atoms with Crippen LogP contribution >= 0.6 is 0 Å². The highest BCUT2D eigenvalue weighted by Gasteiger charge is 2.16. The van der Waals surface area contributed by atoms with Crippen LogP contribution in [-0.4, -0.2) is 37.4 Å². The molecule has 0 spiro atoms. The fourth-order valence-corrected chi connectivity index (χ4v) is 0.968. The Hall–Kier alpha value is -0.410. The molecule has 0 fully saturated rings. The van der Waals surface area contributed by atoms with Crippen molar-refractivity contribution in [3.63, 3.8) is 0 Å². The van der Waals surface area contributed by atoms with E-state index in [0.29, 0.717) is 0 Å². The van der Waals surface area contributed by atoms with Crippen LogP contribution in [-0.2, 0) is 4.79 Å². The van der Waals surface area contributed by atoms with Crippen LogP contribution in [0.25, 0.3) is 0 Å². The monoisotopic (exact) mass is 172 g/mol. The maximum absolute atomic E-state index is 11.3. The Morgan fingerprint density at radius 3 is 2.25 bits per heavy atom. The number of Topliss-reactive ketones (excluding diaryl/α,β-unsaturated/α-hetero) is 1. The minimum atomic E-state index is -0.285. The summed E-state index contributed by atoms with van der Waals surface area (Å²) in [5.41, 5.74) is 5.69. The first kappa shape index (κ1) is 11.6. The van der Waals surface area contributed by atoms with Crippen molar-refractivity contribution < 1.29 is 4.79 Å². The molecule has 0 radical (unpaired) electrons. The van der Waals surface area contributed by atoms with Gasteiger partial charge in [0, 0.05) is 5.92 Å². The molecule has 72 valence electrons. The van der Waals surface area contributed by atoms with Crippen LogP contribution in [0.4, 0.5) is 0 Å². The molecular formula is C9H20N2O. The molecule has 0 aliphatic heterocycles. The first-order valence-electron chi connectivity index (χ1n) is 4.39. The molecule has 3 heteroatoms. The van der Waals surface area contributed by atoms with E-state index in [0.717, 1.165) is 13.0 Å². The van der Waals surface area contributed by atoms with Gasteiger partial charge in [0.1, 0.15) is 0 Å². The number of hydrogen-bond acceptors (Lipinski definition) is 3. The lowest BCUT2D eigenvalue weighted by Gasteiger charge is -2.15. The van der Waals surface area contributed by atoms with Gasteiger partial charge in [0.05, 0.1) is 6.04 Å². The summed E-state index contributed by atoms with van der Waals surface area (Å²) in [6, 6.07) is -0.285. The average molecular weight is 172 g/mol. The number of hydrogen-bond donors (Lipinski definition) is 1. The van der Waals surface area contributed by atoms with E-state index in [4.69, 9.17) is 5.73 Å². The van der Waals surface area contributed by atoms with E-state index in [-0.39, 0.29) is 17.7 Å². The van der Waals surface area contributed by atoms with Gasteiger partial charge in [-0.05, 0) is 27.1 Å². The van der Waals surface area contributed by atoms with Gasteiger partial charge in [-0.15, -0.1) is 0 Å². The SMILES string of the molecule is CC(C)C(=O)C(N)CCN(C)C. The lowest BCUT2D eigenvalue weighted by atomic mass is 10.0. The Labute approximate surface area is 74.9 Å². The van der Waals surface area contributed by atoms with Crippen LogP contribution in [0.5, 0.6) is 0 Å². The van der Waals surface area contributed by atoms with Crippen molar-refractivity contribution in [1.82, 2.24) is 4.90 Å². The van der Waals surface area contributed by atoms with Crippen LogP contribution in [0.1, 0.15) is 20.3 Å². The highest BCUT2D eigenvalue weighted by molar-refractivity contribution is 5.85. The highest BCUT2D eigenvalue weighted by atomic mass is 16.1. The van der Waals surface area contributed by atoms with E-state index in [2.05, 4.69) is 0 Å². The van der Waals surface area contributed by atoms with Crippen LogP contribution in [0.15, 0.2) is 0 Å². The van der Waals surface area contributed by atoms with E-state index in [1.807, 2.05) is 32.8 Å². The predicted molar refractivity (Wildman–Crippen MR) is 51.0 cm³/mol. The summed E-state index contributed by atoms with van der Waals surface area (Å²) in [6.45, 7) is 4.65. The summed E-state index contributed by atoms with van der Waals surface area (Å²) in [5, 5.41) is 0. The zero-order valence-electron chi connectivity index (χ0n) is 8.50. The lowest BCUT2D eigenvalue weighted by Crippen LogP contribution is -2.36. The van der Waals surface area contributed by atoms with Gasteiger partial charge in [-0.3, -0.25) is 4.79 Å². The lowest BCUT2D eigenvalue weighted by molar-refractivity contribution is -0.123. The van der Waals surface area contributed by atoms with E-state index < -0.39 is 0 Å². The summed E-state index contributed by atoms with van der Waals surface area (Å²) < 4.78 is 0. The van der Waals surface area contributed by atoms with E-state index in [9.17, 15) is 4.79 Å². The first-order valence-corrected chi connectivity index (χ1v) is 4.39. The molecule has 0 heterocycles. The molecule has 0 aromatic rings. The second-order valence-electron chi connectivity index (χ2n) is 3.76. The molecule has 2 N–H and O–H groups in total. The third kappa shape index (κ3) is 4.46. The molecule has 0 amide bonds. The quantitative estimate of drug-likeness (QED) is 0.656. The molecule has 0 aliphatic carbocycles. The Bertz CT molecular complexity index is 143. The minimum Gasteiger partial charge on any atom is -0.321 e. The number of carbonyl (C=O) groups excluding carboxylic acids is 1. The standard InChI is InChI=1S/C9H20N2O/c1-7(2)9(12)8(10)5-6-11(3)4/h7-8H,5-6,10H2,1-4H3. The van der Waals surface area contributed by atoms with Crippen molar-refractivity contribution in [2.45, 2.75) is 26.3 Å². The van der Waals surface area contributed by atoms with Gasteiger partial charge in [0.15, 0.2) is 5.78 Å². The smallest absolute Gasteiger partial charge is 0.152 e. The Kier molecular flexibility index (Phi) is 5.09. The molecular weight excluding hydrogens is 152 g/mol. The summed E-state index contributed by atoms with van der Waals surface area (Å²) in [4.78, 5) is 13.3.